The van der Waals surface area contributed by atoms with Crippen molar-refractivity contribution in [2.24, 2.45) is 0 Å². The minimum absolute atomic E-state index is 0.0958. The predicted molar refractivity (Wildman–Crippen MR) is 105 cm³/mol. The van der Waals surface area contributed by atoms with Gasteiger partial charge in [0.15, 0.2) is 17.7 Å². The molecule has 14 nitrogen and oxygen atoms in total. The van der Waals surface area contributed by atoms with E-state index in [-0.39, 0.29) is 28.3 Å². The van der Waals surface area contributed by atoms with E-state index in [0.29, 0.717) is 0 Å². The van der Waals surface area contributed by atoms with Gasteiger partial charge in [-0.2, -0.15) is 0 Å². The first-order valence-corrected chi connectivity index (χ1v) is 10.6. The zero-order chi connectivity index (χ0) is 23.0. The van der Waals surface area contributed by atoms with Crippen molar-refractivity contribution >= 4 is 30.8 Å². The van der Waals surface area contributed by atoms with Crippen molar-refractivity contribution in [3.05, 3.63) is 42.5 Å². The second kappa shape index (κ2) is 8.43. The van der Waals surface area contributed by atoms with Crippen LogP contribution in [0.15, 0.2) is 36.9 Å². The van der Waals surface area contributed by atoms with Crippen LogP contribution in [0.3, 0.4) is 0 Å². The molecule has 1 aromatic carbocycles. The van der Waals surface area contributed by atoms with Gasteiger partial charge in [0.1, 0.15) is 35.9 Å². The number of aromatic nitrogens is 4. The van der Waals surface area contributed by atoms with Gasteiger partial charge < -0.3 is 30.3 Å². The molecular weight excluding hydrogens is 449 g/mol. The molecule has 0 spiro atoms. The molecule has 15 heteroatoms. The van der Waals surface area contributed by atoms with Gasteiger partial charge in [0.05, 0.1) is 18.5 Å². The van der Waals surface area contributed by atoms with Gasteiger partial charge in [-0.05, 0) is 24.3 Å². The number of imidazole rings is 1. The second-order valence-electron chi connectivity index (χ2n) is 6.82. The quantitative estimate of drug-likeness (QED) is 0.295. The number of phenolic OH excluding ortho intramolecular Hbond substituents is 1. The number of phosphoric ester groups is 1. The number of nitrogen functional groups attached to an aromatic ring is 1. The Bertz CT molecular complexity index is 1190. The maximum absolute atomic E-state index is 12.1. The van der Waals surface area contributed by atoms with Gasteiger partial charge in [0.2, 0.25) is 0 Å². The van der Waals surface area contributed by atoms with Crippen molar-refractivity contribution in [2.45, 2.75) is 24.5 Å². The third-order valence-electron chi connectivity index (χ3n) is 4.70. The fourth-order valence-electron chi connectivity index (χ4n) is 3.10. The fraction of sp³-hybridized carbons (Fsp3) is 0.294. The number of hydrogen-bond acceptors (Lipinski definition) is 12. The maximum Gasteiger partial charge on any atom is 0.529 e. The van der Waals surface area contributed by atoms with E-state index in [1.807, 2.05) is 0 Å². The van der Waals surface area contributed by atoms with E-state index in [0.717, 1.165) is 0 Å². The van der Waals surface area contributed by atoms with Crippen molar-refractivity contribution in [3.8, 4) is 5.75 Å². The number of aliphatic hydroxyl groups excluding tert-OH is 2. The SMILES string of the molecule is Nc1ncnc2c1ncn2[C@@H]1O[C@H](COP(=O)(O)OC(=O)c2ccc(O)cc2)[C@@H](O)[C@H]1O. The molecule has 0 radical (unpaired) electrons. The average molecular weight is 467 g/mol. The number of anilines is 1. The van der Waals surface area contributed by atoms with E-state index < -0.39 is 44.9 Å². The van der Waals surface area contributed by atoms with E-state index in [9.17, 15) is 29.6 Å². The number of phenols is 1. The summed E-state index contributed by atoms with van der Waals surface area (Å²) in [6, 6.07) is 4.77. The summed E-state index contributed by atoms with van der Waals surface area (Å²) in [5.74, 6) is -1.16. The lowest BCUT2D eigenvalue weighted by Gasteiger charge is -2.17. The topological polar surface area (TPSA) is 212 Å². The Morgan fingerprint density at radius 1 is 1.19 bits per heavy atom. The molecule has 1 saturated heterocycles. The van der Waals surface area contributed by atoms with E-state index in [4.69, 9.17) is 15.0 Å². The van der Waals surface area contributed by atoms with Crippen LogP contribution in [-0.4, -0.2) is 70.6 Å². The van der Waals surface area contributed by atoms with Crippen molar-refractivity contribution in [2.75, 3.05) is 12.3 Å². The minimum atomic E-state index is -4.89. The van der Waals surface area contributed by atoms with Crippen LogP contribution < -0.4 is 5.73 Å². The van der Waals surface area contributed by atoms with Crippen LogP contribution in [0.1, 0.15) is 16.6 Å². The summed E-state index contributed by atoms with van der Waals surface area (Å²) in [6.07, 6.45) is -2.90. The molecule has 0 bridgehead atoms. The molecule has 0 saturated carbocycles. The van der Waals surface area contributed by atoms with Crippen molar-refractivity contribution in [1.82, 2.24) is 19.5 Å². The molecular formula is C17H18N5O9P. The number of aliphatic hydroxyl groups is 2. The first-order valence-electron chi connectivity index (χ1n) is 9.11. The van der Waals surface area contributed by atoms with E-state index in [1.54, 1.807) is 0 Å². The highest BCUT2D eigenvalue weighted by atomic mass is 31.2. The summed E-state index contributed by atoms with van der Waals surface area (Å²) >= 11 is 0. The van der Waals surface area contributed by atoms with Crippen LogP contribution >= 0.6 is 7.82 Å². The lowest BCUT2D eigenvalue weighted by molar-refractivity contribution is -0.0508. The van der Waals surface area contributed by atoms with Crippen molar-refractivity contribution in [3.63, 3.8) is 0 Å². The molecule has 170 valence electrons. The number of carbonyl (C=O) groups excluding carboxylic acids is 1. The molecule has 4 rings (SSSR count). The van der Waals surface area contributed by atoms with Crippen LogP contribution in [-0.2, 0) is 18.3 Å². The number of ether oxygens (including phenoxy) is 1. The van der Waals surface area contributed by atoms with Crippen molar-refractivity contribution in [1.29, 1.82) is 0 Å². The zero-order valence-corrected chi connectivity index (χ0v) is 17.0. The maximum atomic E-state index is 12.1. The Morgan fingerprint density at radius 2 is 1.91 bits per heavy atom. The summed E-state index contributed by atoms with van der Waals surface area (Å²) in [7, 11) is -4.89. The normalized spacial score (nSPS) is 25.0. The van der Waals surface area contributed by atoms with Gasteiger partial charge in [0.25, 0.3) is 0 Å². The standard InChI is InChI=1S/C17H18N5O9P/c18-14-11-15(20-6-19-14)22(7-21-11)16-13(25)12(24)10(30-16)5-29-32(27,28)31-17(26)8-1-3-9(23)4-2-8/h1-4,6-7,10,12-13,16,23-25H,5H2,(H,27,28)(H2,18,19,20)/t10-,12-,13-,16-/m1/s1. The highest BCUT2D eigenvalue weighted by Crippen LogP contribution is 2.45. The Hall–Kier alpha value is -3.13. The number of phosphoric acid groups is 1. The highest BCUT2D eigenvalue weighted by Gasteiger charge is 2.45. The summed E-state index contributed by atoms with van der Waals surface area (Å²) in [4.78, 5) is 33.7. The predicted octanol–water partition coefficient (Wildman–Crippen LogP) is -0.293. The van der Waals surface area contributed by atoms with Gasteiger partial charge in [0, 0.05) is 0 Å². The van der Waals surface area contributed by atoms with E-state index in [1.165, 1.54) is 41.5 Å². The number of aromatic hydroxyl groups is 1. The molecule has 3 aromatic rings. The molecule has 5 atom stereocenters. The molecule has 2 aromatic heterocycles. The zero-order valence-electron chi connectivity index (χ0n) is 16.1. The van der Waals surface area contributed by atoms with Gasteiger partial charge in [-0.15, -0.1) is 0 Å². The molecule has 1 aliphatic heterocycles. The molecule has 0 amide bonds. The smallest absolute Gasteiger partial charge is 0.508 e. The first-order chi connectivity index (χ1) is 15.2. The monoisotopic (exact) mass is 467 g/mol. The Kier molecular flexibility index (Phi) is 5.81. The second-order valence-corrected chi connectivity index (χ2v) is 8.20. The Morgan fingerprint density at radius 3 is 2.62 bits per heavy atom. The number of benzene rings is 1. The van der Waals surface area contributed by atoms with Crippen molar-refractivity contribution < 1.29 is 43.4 Å². The summed E-state index contributed by atoms with van der Waals surface area (Å²) in [5.41, 5.74) is 6.14. The summed E-state index contributed by atoms with van der Waals surface area (Å²) in [5, 5.41) is 29.9. The third-order valence-corrected chi connectivity index (χ3v) is 5.57. The lowest BCUT2D eigenvalue weighted by atomic mass is 10.1. The van der Waals surface area contributed by atoms with Gasteiger partial charge in [-0.25, -0.2) is 24.3 Å². The Labute approximate surface area is 179 Å². The fourth-order valence-corrected chi connectivity index (χ4v) is 3.80. The number of rotatable bonds is 6. The van der Waals surface area contributed by atoms with Gasteiger partial charge in [-0.3, -0.25) is 14.0 Å². The van der Waals surface area contributed by atoms with Crippen LogP contribution in [0.5, 0.6) is 5.75 Å². The molecule has 1 unspecified atom stereocenters. The highest BCUT2D eigenvalue weighted by molar-refractivity contribution is 7.48. The molecule has 0 aliphatic carbocycles. The molecule has 6 N–H and O–H groups in total. The van der Waals surface area contributed by atoms with Crippen LogP contribution in [0.2, 0.25) is 0 Å². The third kappa shape index (κ3) is 4.27. The summed E-state index contributed by atoms with van der Waals surface area (Å²) < 4.78 is 28.3. The van der Waals surface area contributed by atoms with E-state index >= 15 is 0 Å². The first kappa shape index (κ1) is 22.1. The molecule has 1 aliphatic rings. The average Bonchev–Trinajstić information content (AvgIpc) is 3.29. The van der Waals surface area contributed by atoms with Crippen LogP contribution in [0.25, 0.3) is 11.2 Å². The number of nitrogens with two attached hydrogens (primary N) is 1. The summed E-state index contributed by atoms with van der Waals surface area (Å²) in [6.45, 7) is -0.685. The molecule has 3 heterocycles. The van der Waals surface area contributed by atoms with Crippen LogP contribution in [0.4, 0.5) is 5.82 Å². The number of fused-ring (bicyclic) bond motifs is 1. The molecule has 32 heavy (non-hydrogen) atoms. The van der Waals surface area contributed by atoms with Crippen LogP contribution in [0, 0.1) is 0 Å². The number of hydrogen-bond donors (Lipinski definition) is 5. The minimum Gasteiger partial charge on any atom is -0.508 e. The Balaban J connectivity index is 1.42. The van der Waals surface area contributed by atoms with E-state index in [2.05, 4.69) is 19.5 Å². The van der Waals surface area contributed by atoms with Gasteiger partial charge in [-0.1, -0.05) is 0 Å². The largest absolute Gasteiger partial charge is 0.529 e. The number of nitrogens with zero attached hydrogens (tertiary/aromatic N) is 4. The molecule has 1 fully saturated rings. The van der Waals surface area contributed by atoms with Gasteiger partial charge >= 0.3 is 13.8 Å². The number of carbonyl (C=O) groups is 1. The lowest BCUT2D eigenvalue weighted by Crippen LogP contribution is -2.33.